The van der Waals surface area contributed by atoms with Gasteiger partial charge in [0.2, 0.25) is 0 Å². The molecule has 0 atom stereocenters. The number of benzene rings is 11. The predicted octanol–water partition coefficient (Wildman–Crippen LogP) is 16.9. The summed E-state index contributed by atoms with van der Waals surface area (Å²) in [6, 6.07) is 83.6. The molecule has 0 bridgehead atoms. The molecular weight excluding hydrogens is 765 g/mol. The van der Waals surface area contributed by atoms with E-state index in [2.05, 4.69) is 228 Å². The van der Waals surface area contributed by atoms with Crippen molar-refractivity contribution >= 4 is 93.1 Å². The van der Waals surface area contributed by atoms with Gasteiger partial charge in [-0.3, -0.25) is 0 Å². The van der Waals surface area contributed by atoms with Gasteiger partial charge in [0.05, 0.1) is 11.0 Å². The molecule has 0 amide bonds. The molecule has 13 rings (SSSR count). The Morgan fingerprint density at radius 3 is 1.44 bits per heavy atom. The maximum atomic E-state index is 6.34. The number of hydrogen-bond acceptors (Lipinski definition) is 2. The van der Waals surface area contributed by atoms with E-state index in [1.54, 1.807) is 0 Å². The summed E-state index contributed by atoms with van der Waals surface area (Å²) in [6.45, 7) is 0. The summed E-state index contributed by atoms with van der Waals surface area (Å²) in [5.74, 6) is 0. The van der Waals surface area contributed by atoms with Crippen LogP contribution in [0, 0.1) is 0 Å². The van der Waals surface area contributed by atoms with Crippen molar-refractivity contribution in [3.05, 3.63) is 231 Å². The SMILES string of the molecule is c1cc(-c2ccc3c(c2)oc2ccccc23)cc(N(c2ccc(-c3cccc(-n4c5ccccc5c5ccccc54)c3)cc2)c2ccc3c4ccccc4c4ccccc4c3c2)c1. The summed E-state index contributed by atoms with van der Waals surface area (Å²) in [4.78, 5) is 2.39. The predicted molar refractivity (Wildman–Crippen MR) is 266 cm³/mol. The average Bonchev–Trinajstić information content (AvgIpc) is 3.90. The lowest BCUT2D eigenvalue weighted by molar-refractivity contribution is 0.669. The fourth-order valence-electron chi connectivity index (χ4n) is 10.0. The highest BCUT2D eigenvalue weighted by atomic mass is 16.3. The molecule has 2 aromatic heterocycles. The molecule has 63 heavy (non-hydrogen) atoms. The average molecular weight is 803 g/mol. The number of rotatable bonds is 6. The van der Waals surface area contributed by atoms with Crippen LogP contribution in [0.1, 0.15) is 0 Å². The summed E-state index contributed by atoms with van der Waals surface area (Å²) in [5, 5.41) is 12.3. The van der Waals surface area contributed by atoms with Crippen LogP contribution in [0.15, 0.2) is 235 Å². The lowest BCUT2D eigenvalue weighted by atomic mass is 9.94. The first-order valence-corrected chi connectivity index (χ1v) is 21.6. The van der Waals surface area contributed by atoms with E-state index in [1.165, 1.54) is 59.7 Å². The Labute approximate surface area is 363 Å². The molecule has 3 heteroatoms. The number of hydrogen-bond donors (Lipinski definition) is 0. The van der Waals surface area contributed by atoms with Gasteiger partial charge in [-0.2, -0.15) is 0 Å². The Balaban J connectivity index is 0.954. The largest absolute Gasteiger partial charge is 0.456 e. The molecule has 13 aromatic rings. The third kappa shape index (κ3) is 5.67. The molecule has 0 radical (unpaired) electrons. The summed E-state index contributed by atoms with van der Waals surface area (Å²) >= 11 is 0. The molecule has 0 aliphatic carbocycles. The summed E-state index contributed by atoms with van der Waals surface area (Å²) in [7, 11) is 0. The molecule has 3 nitrogen and oxygen atoms in total. The lowest BCUT2D eigenvalue weighted by Crippen LogP contribution is -2.10. The van der Waals surface area contributed by atoms with Gasteiger partial charge >= 0.3 is 0 Å². The highest BCUT2D eigenvalue weighted by molar-refractivity contribution is 6.26. The van der Waals surface area contributed by atoms with Crippen LogP contribution < -0.4 is 4.90 Å². The molecule has 0 unspecified atom stereocenters. The fourth-order valence-corrected chi connectivity index (χ4v) is 10.0. The Bertz CT molecular complexity index is 3840. The van der Waals surface area contributed by atoms with Crippen molar-refractivity contribution in [3.63, 3.8) is 0 Å². The number of fused-ring (bicyclic) bond motifs is 12. The molecule has 11 aromatic carbocycles. The molecular formula is C60H38N2O. The number of para-hydroxylation sites is 3. The highest BCUT2D eigenvalue weighted by Gasteiger charge is 2.18. The van der Waals surface area contributed by atoms with Crippen LogP contribution in [0.3, 0.4) is 0 Å². The molecule has 0 N–H and O–H groups in total. The summed E-state index contributed by atoms with van der Waals surface area (Å²) in [6.07, 6.45) is 0. The zero-order chi connectivity index (χ0) is 41.4. The second-order valence-electron chi connectivity index (χ2n) is 16.5. The minimum absolute atomic E-state index is 0.891. The first-order chi connectivity index (χ1) is 31.2. The van der Waals surface area contributed by atoms with Crippen molar-refractivity contribution in [2.24, 2.45) is 0 Å². The summed E-state index contributed by atoms with van der Waals surface area (Å²) in [5.41, 5.74) is 13.1. The molecule has 2 heterocycles. The van der Waals surface area contributed by atoms with Crippen molar-refractivity contribution in [2.45, 2.75) is 0 Å². The Hall–Kier alpha value is -8.40. The smallest absolute Gasteiger partial charge is 0.136 e. The van der Waals surface area contributed by atoms with E-state index < -0.39 is 0 Å². The van der Waals surface area contributed by atoms with Gasteiger partial charge < -0.3 is 13.9 Å². The molecule has 0 saturated carbocycles. The topological polar surface area (TPSA) is 21.3 Å². The standard InChI is InChI=1S/C60H38N2O/c1-2-19-49-47(17-1)48-18-3-4-20-50(48)56-38-46(32-34-51(49)56)61(44-15-12-14-41(36-44)42-29-33-55-54-23-7-10-26-59(54)63-60(55)37-42)43-30-27-39(28-31-43)40-13-11-16-45(35-40)62-57-24-8-5-21-52(57)53-22-6-9-25-58(53)62/h1-38H. The van der Waals surface area contributed by atoms with Crippen molar-refractivity contribution in [1.82, 2.24) is 4.57 Å². The number of aromatic nitrogens is 1. The van der Waals surface area contributed by atoms with Crippen molar-refractivity contribution in [3.8, 4) is 27.9 Å². The van der Waals surface area contributed by atoms with Gasteiger partial charge in [-0.05, 0) is 133 Å². The third-order valence-electron chi connectivity index (χ3n) is 12.9. The molecule has 0 spiro atoms. The van der Waals surface area contributed by atoms with Crippen molar-refractivity contribution in [1.29, 1.82) is 0 Å². The first kappa shape index (κ1) is 35.4. The van der Waals surface area contributed by atoms with Gasteiger partial charge in [0, 0.05) is 44.3 Å². The lowest BCUT2D eigenvalue weighted by Gasteiger charge is -2.27. The second-order valence-corrected chi connectivity index (χ2v) is 16.5. The number of furan rings is 1. The van der Waals surface area contributed by atoms with E-state index in [0.29, 0.717) is 0 Å². The van der Waals surface area contributed by atoms with Crippen LogP contribution in [0.4, 0.5) is 17.1 Å². The van der Waals surface area contributed by atoms with Gasteiger partial charge in [0.15, 0.2) is 0 Å². The Morgan fingerprint density at radius 1 is 0.270 bits per heavy atom. The second kappa shape index (κ2) is 14.1. The van der Waals surface area contributed by atoms with E-state index >= 15 is 0 Å². The minimum Gasteiger partial charge on any atom is -0.456 e. The maximum absolute atomic E-state index is 6.34. The van der Waals surface area contributed by atoms with E-state index in [1.807, 2.05) is 12.1 Å². The zero-order valence-corrected chi connectivity index (χ0v) is 34.2. The minimum atomic E-state index is 0.891. The van der Waals surface area contributed by atoms with Crippen molar-refractivity contribution in [2.75, 3.05) is 4.90 Å². The third-order valence-corrected chi connectivity index (χ3v) is 12.9. The van der Waals surface area contributed by atoms with Crippen LogP contribution in [-0.4, -0.2) is 4.57 Å². The van der Waals surface area contributed by atoms with Gasteiger partial charge in [0.25, 0.3) is 0 Å². The van der Waals surface area contributed by atoms with Gasteiger partial charge in [-0.15, -0.1) is 0 Å². The Morgan fingerprint density at radius 2 is 0.746 bits per heavy atom. The van der Waals surface area contributed by atoms with Crippen LogP contribution in [0.2, 0.25) is 0 Å². The monoisotopic (exact) mass is 802 g/mol. The van der Waals surface area contributed by atoms with E-state index in [4.69, 9.17) is 4.42 Å². The van der Waals surface area contributed by atoms with Crippen LogP contribution in [0.25, 0.3) is 104 Å². The Kier molecular flexibility index (Phi) is 7.91. The van der Waals surface area contributed by atoms with Crippen LogP contribution in [0.5, 0.6) is 0 Å². The highest BCUT2D eigenvalue weighted by Crippen LogP contribution is 2.43. The molecule has 0 aliphatic heterocycles. The van der Waals surface area contributed by atoms with Crippen LogP contribution in [-0.2, 0) is 0 Å². The van der Waals surface area contributed by atoms with E-state index in [0.717, 1.165) is 61.4 Å². The molecule has 0 saturated heterocycles. The quantitative estimate of drug-likeness (QED) is 0.156. The molecule has 0 fully saturated rings. The van der Waals surface area contributed by atoms with Crippen molar-refractivity contribution < 1.29 is 4.42 Å². The fraction of sp³-hybridized carbons (Fsp3) is 0. The first-order valence-electron chi connectivity index (χ1n) is 21.6. The van der Waals surface area contributed by atoms with Gasteiger partial charge in [-0.1, -0.05) is 152 Å². The molecule has 0 aliphatic rings. The zero-order valence-electron chi connectivity index (χ0n) is 34.2. The number of nitrogens with zero attached hydrogens (tertiary/aromatic N) is 2. The van der Waals surface area contributed by atoms with Crippen LogP contribution >= 0.6 is 0 Å². The summed E-state index contributed by atoms with van der Waals surface area (Å²) < 4.78 is 8.72. The van der Waals surface area contributed by atoms with Gasteiger partial charge in [-0.25, -0.2) is 0 Å². The number of anilines is 3. The maximum Gasteiger partial charge on any atom is 0.136 e. The van der Waals surface area contributed by atoms with E-state index in [9.17, 15) is 0 Å². The normalized spacial score (nSPS) is 11.8. The van der Waals surface area contributed by atoms with E-state index in [-0.39, 0.29) is 0 Å². The molecule has 294 valence electrons. The van der Waals surface area contributed by atoms with Gasteiger partial charge in [0.1, 0.15) is 11.2 Å².